The van der Waals surface area contributed by atoms with Crippen LogP contribution in [0.25, 0.3) is 0 Å². The number of aryl methyl sites for hydroxylation is 1. The first-order chi connectivity index (χ1) is 16.0. The molecule has 2 heterocycles. The zero-order valence-electron chi connectivity index (χ0n) is 18.9. The van der Waals surface area contributed by atoms with Gasteiger partial charge in [0.05, 0.1) is 18.2 Å². The highest BCUT2D eigenvalue weighted by molar-refractivity contribution is 6.30. The molecule has 2 N–H and O–H groups in total. The van der Waals surface area contributed by atoms with Crippen molar-refractivity contribution in [2.45, 2.75) is 19.9 Å². The Hall–Kier alpha value is -3.03. The van der Waals surface area contributed by atoms with Crippen LogP contribution in [-0.2, 0) is 9.53 Å². The van der Waals surface area contributed by atoms with Crippen LogP contribution in [0.1, 0.15) is 24.1 Å². The summed E-state index contributed by atoms with van der Waals surface area (Å²) in [6, 6.07) is 14.6. The van der Waals surface area contributed by atoms with Crippen molar-refractivity contribution >= 4 is 29.3 Å². The molecule has 2 aliphatic rings. The molecule has 1 saturated heterocycles. The van der Waals surface area contributed by atoms with Crippen LogP contribution in [0.3, 0.4) is 0 Å². The molecule has 33 heavy (non-hydrogen) atoms. The van der Waals surface area contributed by atoms with Gasteiger partial charge in [0.15, 0.2) is 0 Å². The van der Waals surface area contributed by atoms with Crippen LogP contribution >= 0.6 is 11.6 Å². The highest BCUT2D eigenvalue weighted by Crippen LogP contribution is 2.30. The molecule has 0 radical (unpaired) electrons. The van der Waals surface area contributed by atoms with Gasteiger partial charge in [-0.3, -0.25) is 4.90 Å². The number of carbonyl (C=O) groups excluding carboxylic acids is 2. The summed E-state index contributed by atoms with van der Waals surface area (Å²) in [6.45, 7) is 7.98. The Morgan fingerprint density at radius 1 is 1.12 bits per heavy atom. The first-order valence-electron chi connectivity index (χ1n) is 11.2. The maximum Gasteiger partial charge on any atom is 0.338 e. The minimum Gasteiger partial charge on any atom is -0.463 e. The molecule has 2 amide bonds. The van der Waals surface area contributed by atoms with E-state index in [1.165, 1.54) is 11.3 Å². The van der Waals surface area contributed by atoms with Crippen molar-refractivity contribution in [2.75, 3.05) is 44.2 Å². The van der Waals surface area contributed by atoms with Gasteiger partial charge in [-0.05, 0) is 43.2 Å². The number of ether oxygens (including phenoxy) is 1. The number of hydrogen-bond donors (Lipinski definition) is 2. The zero-order valence-corrected chi connectivity index (χ0v) is 19.7. The van der Waals surface area contributed by atoms with Crippen molar-refractivity contribution in [1.82, 2.24) is 15.5 Å². The van der Waals surface area contributed by atoms with E-state index >= 15 is 0 Å². The van der Waals surface area contributed by atoms with Crippen molar-refractivity contribution in [1.29, 1.82) is 0 Å². The van der Waals surface area contributed by atoms with E-state index in [0.717, 1.165) is 31.7 Å². The van der Waals surface area contributed by atoms with Gasteiger partial charge < -0.3 is 20.3 Å². The standard InChI is InChI=1S/C25H29ClN4O3/c1-3-33-24(31)22-20(27-25(32)28-23(22)18-8-6-9-19(26)15-18)16-29-11-13-30(14-12-29)21-10-5-4-7-17(21)2/h4-10,15,23H,3,11-14,16H2,1-2H3,(H2,27,28,32). The molecule has 8 heteroatoms. The molecule has 1 fully saturated rings. The van der Waals surface area contributed by atoms with E-state index < -0.39 is 12.0 Å². The highest BCUT2D eigenvalue weighted by Gasteiger charge is 2.34. The lowest BCUT2D eigenvalue weighted by Crippen LogP contribution is -2.52. The predicted octanol–water partition coefficient (Wildman–Crippen LogP) is 3.64. The molecule has 0 aliphatic carbocycles. The number of amides is 2. The van der Waals surface area contributed by atoms with E-state index in [-0.39, 0.29) is 12.6 Å². The first kappa shape index (κ1) is 23.1. The number of nitrogens with one attached hydrogen (secondary N) is 2. The Labute approximate surface area is 199 Å². The highest BCUT2D eigenvalue weighted by atomic mass is 35.5. The van der Waals surface area contributed by atoms with Crippen LogP contribution in [0, 0.1) is 6.92 Å². The van der Waals surface area contributed by atoms with Crippen LogP contribution in [-0.4, -0.2) is 56.2 Å². The molecular weight excluding hydrogens is 440 g/mol. The van der Waals surface area contributed by atoms with E-state index in [0.29, 0.717) is 22.8 Å². The van der Waals surface area contributed by atoms with Crippen molar-refractivity contribution in [3.05, 3.63) is 76.0 Å². The molecule has 2 aliphatic heterocycles. The number of piperazine rings is 1. The SMILES string of the molecule is CCOC(=O)C1=C(CN2CCN(c3ccccc3C)CC2)NC(=O)NC1c1cccc(Cl)c1. The van der Waals surface area contributed by atoms with Gasteiger partial charge in [0.1, 0.15) is 0 Å². The van der Waals surface area contributed by atoms with Gasteiger partial charge in [0.25, 0.3) is 0 Å². The monoisotopic (exact) mass is 468 g/mol. The third-order valence-electron chi connectivity index (χ3n) is 6.04. The molecule has 0 spiro atoms. The van der Waals surface area contributed by atoms with Gasteiger partial charge in [-0.25, -0.2) is 9.59 Å². The number of carbonyl (C=O) groups is 2. The van der Waals surface area contributed by atoms with Crippen molar-refractivity contribution in [2.24, 2.45) is 0 Å². The van der Waals surface area contributed by atoms with E-state index in [2.05, 4.69) is 51.6 Å². The molecule has 4 rings (SSSR count). The number of benzene rings is 2. The molecule has 1 atom stereocenters. The summed E-state index contributed by atoms with van der Waals surface area (Å²) in [7, 11) is 0. The summed E-state index contributed by atoms with van der Waals surface area (Å²) in [5, 5.41) is 6.26. The molecule has 2 aromatic rings. The Morgan fingerprint density at radius 2 is 1.88 bits per heavy atom. The topological polar surface area (TPSA) is 73.9 Å². The summed E-state index contributed by atoms with van der Waals surface area (Å²) in [5.74, 6) is -0.441. The number of rotatable bonds is 6. The fraction of sp³-hybridized carbons (Fsp3) is 0.360. The Bertz CT molecular complexity index is 1060. The number of urea groups is 1. The number of esters is 1. The minimum absolute atomic E-state index is 0.251. The quantitative estimate of drug-likeness (QED) is 0.633. The predicted molar refractivity (Wildman–Crippen MR) is 129 cm³/mol. The third-order valence-corrected chi connectivity index (χ3v) is 6.28. The van der Waals surface area contributed by atoms with E-state index in [9.17, 15) is 9.59 Å². The average Bonchev–Trinajstić information content (AvgIpc) is 2.80. The van der Waals surface area contributed by atoms with Crippen molar-refractivity contribution in [3.63, 3.8) is 0 Å². The summed E-state index contributed by atoms with van der Waals surface area (Å²) in [4.78, 5) is 30.1. The fourth-order valence-corrected chi connectivity index (χ4v) is 4.62. The Morgan fingerprint density at radius 3 is 2.58 bits per heavy atom. The second kappa shape index (κ2) is 10.3. The first-order valence-corrected chi connectivity index (χ1v) is 11.6. The number of para-hydroxylation sites is 1. The van der Waals surface area contributed by atoms with Crippen LogP contribution in [0.2, 0.25) is 5.02 Å². The van der Waals surface area contributed by atoms with Gasteiger partial charge in [-0.2, -0.15) is 0 Å². The van der Waals surface area contributed by atoms with E-state index in [1.807, 2.05) is 6.07 Å². The maximum absolute atomic E-state index is 13.0. The number of halogens is 1. The third kappa shape index (κ3) is 5.31. The molecule has 2 aromatic carbocycles. The molecule has 1 unspecified atom stereocenters. The molecule has 7 nitrogen and oxygen atoms in total. The van der Waals surface area contributed by atoms with Crippen LogP contribution < -0.4 is 15.5 Å². The normalized spacial score (nSPS) is 19.2. The number of hydrogen-bond acceptors (Lipinski definition) is 5. The van der Waals surface area contributed by atoms with Gasteiger partial charge >= 0.3 is 12.0 Å². The molecule has 174 valence electrons. The molecule has 0 saturated carbocycles. The van der Waals surface area contributed by atoms with Gasteiger partial charge in [0, 0.05) is 49.1 Å². The van der Waals surface area contributed by atoms with Crippen LogP contribution in [0.15, 0.2) is 59.8 Å². The summed E-state index contributed by atoms with van der Waals surface area (Å²) < 4.78 is 5.36. The zero-order chi connectivity index (χ0) is 23.4. The fourth-order valence-electron chi connectivity index (χ4n) is 4.42. The molecular formula is C25H29ClN4O3. The van der Waals surface area contributed by atoms with Gasteiger partial charge in [-0.15, -0.1) is 0 Å². The number of nitrogens with zero attached hydrogens (tertiary/aromatic N) is 2. The lowest BCUT2D eigenvalue weighted by atomic mass is 9.95. The lowest BCUT2D eigenvalue weighted by molar-refractivity contribution is -0.139. The Balaban J connectivity index is 1.57. The number of anilines is 1. The lowest BCUT2D eigenvalue weighted by Gasteiger charge is -2.38. The van der Waals surface area contributed by atoms with Crippen molar-refractivity contribution < 1.29 is 14.3 Å². The second-order valence-corrected chi connectivity index (χ2v) is 8.69. The van der Waals surface area contributed by atoms with Crippen molar-refractivity contribution in [3.8, 4) is 0 Å². The van der Waals surface area contributed by atoms with Gasteiger partial charge in [0.2, 0.25) is 0 Å². The summed E-state index contributed by atoms with van der Waals surface area (Å²) in [5.41, 5.74) is 4.24. The molecule has 0 bridgehead atoms. The Kier molecular flexibility index (Phi) is 7.20. The summed E-state index contributed by atoms with van der Waals surface area (Å²) >= 11 is 6.18. The second-order valence-electron chi connectivity index (χ2n) is 8.25. The molecule has 0 aromatic heterocycles. The minimum atomic E-state index is -0.625. The van der Waals surface area contributed by atoms with Gasteiger partial charge in [-0.1, -0.05) is 41.9 Å². The smallest absolute Gasteiger partial charge is 0.338 e. The van der Waals surface area contributed by atoms with E-state index in [4.69, 9.17) is 16.3 Å². The largest absolute Gasteiger partial charge is 0.463 e. The van der Waals surface area contributed by atoms with Crippen LogP contribution in [0.5, 0.6) is 0 Å². The maximum atomic E-state index is 13.0. The van der Waals surface area contributed by atoms with E-state index in [1.54, 1.807) is 25.1 Å². The van der Waals surface area contributed by atoms with Crippen LogP contribution in [0.4, 0.5) is 10.5 Å². The summed E-state index contributed by atoms with van der Waals surface area (Å²) in [6.07, 6.45) is 0. The average molecular weight is 469 g/mol.